The molecule has 0 aromatic rings. The first kappa shape index (κ1) is 9.51. The predicted molar refractivity (Wildman–Crippen MR) is 55.1 cm³/mol. The van der Waals surface area contributed by atoms with Gasteiger partial charge in [0, 0.05) is 18.0 Å². The highest BCUT2D eigenvalue weighted by Crippen LogP contribution is 2.18. The molecular weight excluding hydrogens is 164 g/mol. The average molecular weight is 178 g/mol. The minimum Gasteiger partial charge on any atom is -0.383 e. The normalized spacial score (nSPS) is 17.7. The van der Waals surface area contributed by atoms with E-state index in [-0.39, 0.29) is 0 Å². The van der Waals surface area contributed by atoms with Crippen LogP contribution in [0.5, 0.6) is 0 Å². The van der Waals surface area contributed by atoms with Crippen molar-refractivity contribution in [1.82, 2.24) is 5.01 Å². The van der Waals surface area contributed by atoms with E-state index < -0.39 is 0 Å². The Bertz CT molecular complexity index is 299. The van der Waals surface area contributed by atoms with Crippen molar-refractivity contribution in [3.63, 3.8) is 0 Å². The molecule has 0 aromatic heterocycles. The van der Waals surface area contributed by atoms with Crippen molar-refractivity contribution < 1.29 is 0 Å². The van der Waals surface area contributed by atoms with Crippen molar-refractivity contribution in [3.8, 4) is 0 Å². The van der Waals surface area contributed by atoms with E-state index in [0.717, 1.165) is 12.0 Å². The van der Waals surface area contributed by atoms with E-state index in [1.54, 1.807) is 17.4 Å². The zero-order chi connectivity index (χ0) is 9.84. The van der Waals surface area contributed by atoms with E-state index in [1.807, 2.05) is 13.8 Å². The number of hydrogen-bond donors (Lipinski definition) is 1. The average Bonchev–Trinajstić information content (AvgIpc) is 2.12. The van der Waals surface area contributed by atoms with E-state index in [0.29, 0.717) is 11.6 Å². The molecule has 4 heteroatoms. The lowest BCUT2D eigenvalue weighted by atomic mass is 10.2. The Balaban J connectivity index is 3.01. The van der Waals surface area contributed by atoms with Gasteiger partial charge in [0.2, 0.25) is 0 Å². The lowest BCUT2D eigenvalue weighted by Crippen LogP contribution is -2.26. The first-order valence-corrected chi connectivity index (χ1v) is 4.21. The molecule has 1 aliphatic heterocycles. The molecule has 0 aliphatic carbocycles. The highest BCUT2D eigenvalue weighted by atomic mass is 15.5. The number of nitrogens with zero attached hydrogens (tertiary/aromatic N) is 3. The van der Waals surface area contributed by atoms with E-state index in [4.69, 9.17) is 5.73 Å². The number of aliphatic imine (C=N–C) groups is 1. The number of hydrazone groups is 1. The maximum atomic E-state index is 5.85. The molecule has 0 spiro atoms. The number of rotatable bonds is 2. The van der Waals surface area contributed by atoms with Crippen LogP contribution in [-0.4, -0.2) is 17.4 Å². The molecule has 1 heterocycles. The van der Waals surface area contributed by atoms with Gasteiger partial charge in [-0.25, -0.2) is 10.0 Å². The third-order valence-electron chi connectivity index (χ3n) is 1.78. The second-order valence-electron chi connectivity index (χ2n) is 2.62. The lowest BCUT2D eigenvalue weighted by Gasteiger charge is -2.23. The standard InChI is InChI=1S/C9H14N4/c1-4-8-6-11-7(3)13(9(8)10)12-5-2/h5-6H,3-4,10H2,1-2H3/b12-5-. The largest absolute Gasteiger partial charge is 0.383 e. The summed E-state index contributed by atoms with van der Waals surface area (Å²) in [5.74, 6) is 1.16. The summed E-state index contributed by atoms with van der Waals surface area (Å²) in [6, 6.07) is 0. The second kappa shape index (κ2) is 3.89. The molecule has 0 atom stereocenters. The summed E-state index contributed by atoms with van der Waals surface area (Å²) in [6.07, 6.45) is 4.24. The van der Waals surface area contributed by atoms with Gasteiger partial charge < -0.3 is 5.73 Å². The van der Waals surface area contributed by atoms with E-state index in [1.165, 1.54) is 0 Å². The molecule has 0 aromatic carbocycles. The molecule has 1 rings (SSSR count). The molecule has 13 heavy (non-hydrogen) atoms. The molecule has 1 aliphatic rings. The Kier molecular flexibility index (Phi) is 2.84. The number of hydrogen-bond acceptors (Lipinski definition) is 4. The summed E-state index contributed by atoms with van der Waals surface area (Å²) in [6.45, 7) is 7.58. The monoisotopic (exact) mass is 178 g/mol. The van der Waals surface area contributed by atoms with Gasteiger partial charge in [-0.3, -0.25) is 0 Å². The molecule has 0 bridgehead atoms. The molecule has 4 nitrogen and oxygen atoms in total. The van der Waals surface area contributed by atoms with Crippen molar-refractivity contribution in [1.29, 1.82) is 0 Å². The molecule has 0 unspecified atom stereocenters. The quantitative estimate of drug-likeness (QED) is 0.650. The Labute approximate surface area is 78.1 Å². The lowest BCUT2D eigenvalue weighted by molar-refractivity contribution is 0.439. The Morgan fingerprint density at radius 1 is 1.77 bits per heavy atom. The fraction of sp³-hybridized carbons (Fsp3) is 0.333. The van der Waals surface area contributed by atoms with Crippen LogP contribution in [0.4, 0.5) is 0 Å². The Morgan fingerprint density at radius 3 is 3.00 bits per heavy atom. The summed E-state index contributed by atoms with van der Waals surface area (Å²) in [7, 11) is 0. The maximum Gasteiger partial charge on any atom is 0.148 e. The summed E-state index contributed by atoms with van der Waals surface area (Å²) < 4.78 is 0. The summed E-state index contributed by atoms with van der Waals surface area (Å²) in [5, 5.41) is 5.60. The first-order valence-electron chi connectivity index (χ1n) is 4.21. The highest BCUT2D eigenvalue weighted by Gasteiger charge is 2.15. The van der Waals surface area contributed by atoms with Gasteiger partial charge in [-0.15, -0.1) is 0 Å². The molecule has 70 valence electrons. The SMILES string of the molecule is C=C1N=CC(CC)=C(N)N1/N=C\C. The molecule has 0 amide bonds. The van der Waals surface area contributed by atoms with Crippen molar-refractivity contribution in [2.75, 3.05) is 0 Å². The summed E-state index contributed by atoms with van der Waals surface area (Å²) in [5.41, 5.74) is 6.83. The fourth-order valence-corrected chi connectivity index (χ4v) is 1.07. The fourth-order valence-electron chi connectivity index (χ4n) is 1.07. The van der Waals surface area contributed by atoms with Gasteiger partial charge in [0.25, 0.3) is 0 Å². The van der Waals surface area contributed by atoms with Crippen LogP contribution in [0.15, 0.2) is 33.9 Å². The number of allylic oxidation sites excluding steroid dienone is 1. The van der Waals surface area contributed by atoms with E-state index >= 15 is 0 Å². The van der Waals surface area contributed by atoms with Crippen LogP contribution in [0.1, 0.15) is 20.3 Å². The van der Waals surface area contributed by atoms with Crippen LogP contribution in [0, 0.1) is 0 Å². The Hall–Kier alpha value is -1.58. The molecule has 0 radical (unpaired) electrons. The summed E-state index contributed by atoms with van der Waals surface area (Å²) >= 11 is 0. The Morgan fingerprint density at radius 2 is 2.46 bits per heavy atom. The zero-order valence-corrected chi connectivity index (χ0v) is 7.99. The second-order valence-corrected chi connectivity index (χ2v) is 2.62. The van der Waals surface area contributed by atoms with Crippen LogP contribution in [0.3, 0.4) is 0 Å². The third kappa shape index (κ3) is 1.77. The van der Waals surface area contributed by atoms with Gasteiger partial charge in [-0.05, 0) is 13.3 Å². The van der Waals surface area contributed by atoms with Crippen LogP contribution < -0.4 is 5.73 Å². The van der Waals surface area contributed by atoms with E-state index in [2.05, 4.69) is 16.7 Å². The van der Waals surface area contributed by atoms with Gasteiger partial charge in [-0.1, -0.05) is 13.5 Å². The maximum absolute atomic E-state index is 5.85. The van der Waals surface area contributed by atoms with Crippen LogP contribution in [0.2, 0.25) is 0 Å². The van der Waals surface area contributed by atoms with Crippen LogP contribution >= 0.6 is 0 Å². The summed E-state index contributed by atoms with van der Waals surface area (Å²) in [4.78, 5) is 4.09. The van der Waals surface area contributed by atoms with Gasteiger partial charge in [-0.2, -0.15) is 5.10 Å². The van der Waals surface area contributed by atoms with Crippen LogP contribution in [0.25, 0.3) is 0 Å². The van der Waals surface area contributed by atoms with Crippen LogP contribution in [-0.2, 0) is 0 Å². The van der Waals surface area contributed by atoms with Crippen molar-refractivity contribution in [2.24, 2.45) is 15.8 Å². The predicted octanol–water partition coefficient (Wildman–Crippen LogP) is 1.43. The first-order chi connectivity index (χ1) is 6.20. The molecule has 0 saturated carbocycles. The minimum absolute atomic E-state index is 0.549. The molecule has 2 N–H and O–H groups in total. The van der Waals surface area contributed by atoms with Gasteiger partial charge in [0.05, 0.1) is 0 Å². The molecular formula is C9H14N4. The number of nitrogens with two attached hydrogens (primary N) is 1. The van der Waals surface area contributed by atoms with Crippen molar-refractivity contribution >= 4 is 12.4 Å². The van der Waals surface area contributed by atoms with Crippen molar-refractivity contribution in [3.05, 3.63) is 23.8 Å². The van der Waals surface area contributed by atoms with E-state index in [9.17, 15) is 0 Å². The third-order valence-corrected chi connectivity index (χ3v) is 1.78. The zero-order valence-electron chi connectivity index (χ0n) is 7.99. The molecule has 0 saturated heterocycles. The van der Waals surface area contributed by atoms with Gasteiger partial charge in [0.15, 0.2) is 0 Å². The minimum atomic E-state index is 0.549. The van der Waals surface area contributed by atoms with Gasteiger partial charge in [0.1, 0.15) is 11.6 Å². The van der Waals surface area contributed by atoms with Gasteiger partial charge >= 0.3 is 0 Å². The highest BCUT2D eigenvalue weighted by molar-refractivity contribution is 5.81. The van der Waals surface area contributed by atoms with Crippen molar-refractivity contribution in [2.45, 2.75) is 20.3 Å². The smallest absolute Gasteiger partial charge is 0.148 e. The molecule has 0 fully saturated rings. The topological polar surface area (TPSA) is 54.0 Å².